The summed E-state index contributed by atoms with van der Waals surface area (Å²) in [4.78, 5) is 22.3. The molecule has 0 spiro atoms. The van der Waals surface area contributed by atoms with E-state index in [4.69, 9.17) is 5.11 Å². The standard InChI is InChI=1S/C9H6BrNO3S/c10-5-4-15-6-1-2-11(3-7(12)13)9(14)8(5)6/h1-2,4H,3H2,(H,12,13). The molecule has 0 aliphatic heterocycles. The van der Waals surface area contributed by atoms with Gasteiger partial charge in [-0.25, -0.2) is 0 Å². The first kappa shape index (κ1) is 10.4. The Morgan fingerprint density at radius 3 is 3.00 bits per heavy atom. The molecule has 0 aliphatic carbocycles. The van der Waals surface area contributed by atoms with Crippen molar-refractivity contribution < 1.29 is 9.90 Å². The van der Waals surface area contributed by atoms with Crippen LogP contribution in [0.25, 0.3) is 10.1 Å². The number of pyridine rings is 1. The second-order valence-corrected chi connectivity index (χ2v) is 4.73. The van der Waals surface area contributed by atoms with Gasteiger partial charge < -0.3 is 9.67 Å². The van der Waals surface area contributed by atoms with E-state index in [1.807, 2.05) is 5.38 Å². The van der Waals surface area contributed by atoms with Gasteiger partial charge in [-0.2, -0.15) is 0 Å². The number of fused-ring (bicyclic) bond motifs is 1. The Morgan fingerprint density at radius 1 is 1.60 bits per heavy atom. The molecule has 2 aromatic rings. The average molecular weight is 288 g/mol. The number of carbonyl (C=O) groups is 1. The van der Waals surface area contributed by atoms with Gasteiger partial charge in [-0.3, -0.25) is 9.59 Å². The normalized spacial score (nSPS) is 10.7. The molecule has 0 radical (unpaired) electrons. The van der Waals surface area contributed by atoms with Crippen molar-refractivity contribution in [2.24, 2.45) is 0 Å². The Balaban J connectivity index is 2.69. The highest BCUT2D eigenvalue weighted by atomic mass is 79.9. The van der Waals surface area contributed by atoms with Crippen LogP contribution in [0.15, 0.2) is 26.9 Å². The van der Waals surface area contributed by atoms with Crippen molar-refractivity contribution in [3.63, 3.8) is 0 Å². The smallest absolute Gasteiger partial charge is 0.323 e. The molecule has 0 amide bonds. The van der Waals surface area contributed by atoms with Gasteiger partial charge in [0.05, 0.1) is 5.39 Å². The van der Waals surface area contributed by atoms with Crippen LogP contribution in [0.5, 0.6) is 0 Å². The minimum Gasteiger partial charge on any atom is -0.480 e. The maximum Gasteiger partial charge on any atom is 0.323 e. The zero-order valence-electron chi connectivity index (χ0n) is 7.44. The van der Waals surface area contributed by atoms with Crippen LogP contribution in [0.3, 0.4) is 0 Å². The Bertz CT molecular complexity index is 587. The van der Waals surface area contributed by atoms with Crippen molar-refractivity contribution in [3.05, 3.63) is 32.5 Å². The van der Waals surface area contributed by atoms with Gasteiger partial charge in [0.1, 0.15) is 6.54 Å². The summed E-state index contributed by atoms with van der Waals surface area (Å²) in [6.07, 6.45) is 1.50. The minimum atomic E-state index is -1.03. The molecular formula is C9H6BrNO3S. The van der Waals surface area contributed by atoms with E-state index < -0.39 is 5.97 Å². The molecule has 0 aromatic carbocycles. The number of carboxylic acids is 1. The van der Waals surface area contributed by atoms with Gasteiger partial charge in [0.25, 0.3) is 5.56 Å². The van der Waals surface area contributed by atoms with Crippen LogP contribution in [0, 0.1) is 0 Å². The average Bonchev–Trinajstić information content (AvgIpc) is 2.53. The van der Waals surface area contributed by atoms with Gasteiger partial charge in [-0.15, -0.1) is 11.3 Å². The highest BCUT2D eigenvalue weighted by molar-refractivity contribution is 9.10. The van der Waals surface area contributed by atoms with E-state index in [2.05, 4.69) is 15.9 Å². The predicted molar refractivity (Wildman–Crippen MR) is 61.4 cm³/mol. The molecule has 2 aromatic heterocycles. The van der Waals surface area contributed by atoms with Crippen LogP contribution in [0.4, 0.5) is 0 Å². The lowest BCUT2D eigenvalue weighted by atomic mass is 10.3. The van der Waals surface area contributed by atoms with Crippen LogP contribution in [-0.4, -0.2) is 15.6 Å². The molecule has 0 saturated carbocycles. The van der Waals surface area contributed by atoms with Gasteiger partial charge in [-0.05, 0) is 22.0 Å². The third-order valence-electron chi connectivity index (χ3n) is 1.96. The third-order valence-corrected chi connectivity index (χ3v) is 3.84. The van der Waals surface area contributed by atoms with E-state index in [0.717, 1.165) is 4.70 Å². The van der Waals surface area contributed by atoms with Crippen LogP contribution >= 0.6 is 27.3 Å². The lowest BCUT2D eigenvalue weighted by molar-refractivity contribution is -0.137. The van der Waals surface area contributed by atoms with Crippen molar-refractivity contribution in [3.8, 4) is 0 Å². The Labute approximate surface area is 96.9 Å². The van der Waals surface area contributed by atoms with E-state index >= 15 is 0 Å². The lowest BCUT2D eigenvalue weighted by Crippen LogP contribution is -2.23. The summed E-state index contributed by atoms with van der Waals surface area (Å²) >= 11 is 4.72. The van der Waals surface area contributed by atoms with E-state index in [1.54, 1.807) is 6.07 Å². The van der Waals surface area contributed by atoms with E-state index in [0.29, 0.717) is 9.86 Å². The number of nitrogens with zero attached hydrogens (tertiary/aromatic N) is 1. The first-order valence-electron chi connectivity index (χ1n) is 4.07. The molecule has 0 bridgehead atoms. The van der Waals surface area contributed by atoms with Gasteiger partial charge in [0, 0.05) is 20.7 Å². The molecule has 2 heterocycles. The fourth-order valence-corrected chi connectivity index (χ4v) is 2.92. The van der Waals surface area contributed by atoms with Gasteiger partial charge >= 0.3 is 5.97 Å². The molecule has 0 atom stereocenters. The van der Waals surface area contributed by atoms with Crippen LogP contribution in [0.2, 0.25) is 0 Å². The number of hydrogen-bond acceptors (Lipinski definition) is 3. The number of aliphatic carboxylic acids is 1. The molecule has 78 valence electrons. The summed E-state index contributed by atoms with van der Waals surface area (Å²) in [6.45, 7) is -0.308. The predicted octanol–water partition coefficient (Wildman–Crippen LogP) is 1.91. The summed E-state index contributed by atoms with van der Waals surface area (Å²) in [5.74, 6) is -1.03. The van der Waals surface area contributed by atoms with Crippen molar-refractivity contribution in [1.29, 1.82) is 0 Å². The maximum absolute atomic E-state index is 11.8. The summed E-state index contributed by atoms with van der Waals surface area (Å²) < 4.78 is 2.75. The number of hydrogen-bond donors (Lipinski definition) is 1. The topological polar surface area (TPSA) is 59.3 Å². The zero-order valence-corrected chi connectivity index (χ0v) is 9.84. The molecule has 6 heteroatoms. The first-order valence-corrected chi connectivity index (χ1v) is 5.75. The summed E-state index contributed by atoms with van der Waals surface area (Å²) in [5, 5.41) is 11.0. The Hall–Kier alpha value is -1.14. The largest absolute Gasteiger partial charge is 0.480 e. The summed E-state index contributed by atoms with van der Waals surface area (Å²) in [6, 6.07) is 1.75. The Kier molecular flexibility index (Phi) is 2.62. The van der Waals surface area contributed by atoms with Gasteiger partial charge in [0.2, 0.25) is 0 Å². The quantitative estimate of drug-likeness (QED) is 0.918. The fourth-order valence-electron chi connectivity index (χ4n) is 1.32. The highest BCUT2D eigenvalue weighted by Crippen LogP contribution is 2.26. The molecule has 15 heavy (non-hydrogen) atoms. The molecule has 2 rings (SSSR count). The highest BCUT2D eigenvalue weighted by Gasteiger charge is 2.09. The van der Waals surface area contributed by atoms with Crippen LogP contribution in [-0.2, 0) is 11.3 Å². The molecule has 0 aliphatic rings. The van der Waals surface area contributed by atoms with E-state index in [-0.39, 0.29) is 12.1 Å². The minimum absolute atomic E-state index is 0.275. The van der Waals surface area contributed by atoms with Crippen molar-refractivity contribution in [1.82, 2.24) is 4.57 Å². The van der Waals surface area contributed by atoms with E-state index in [9.17, 15) is 9.59 Å². The SMILES string of the molecule is O=C(O)Cn1ccc2scc(Br)c2c1=O. The summed E-state index contributed by atoms with van der Waals surface area (Å²) in [5.41, 5.74) is -0.275. The molecule has 1 N–H and O–H groups in total. The zero-order chi connectivity index (χ0) is 11.0. The van der Waals surface area contributed by atoms with Crippen molar-refractivity contribution in [2.45, 2.75) is 6.54 Å². The summed E-state index contributed by atoms with van der Waals surface area (Å²) in [7, 11) is 0. The second kappa shape index (κ2) is 3.79. The van der Waals surface area contributed by atoms with Crippen LogP contribution in [0.1, 0.15) is 0 Å². The van der Waals surface area contributed by atoms with Gasteiger partial charge in [0.15, 0.2) is 0 Å². The van der Waals surface area contributed by atoms with Crippen molar-refractivity contribution >= 4 is 43.3 Å². The molecular weight excluding hydrogens is 282 g/mol. The van der Waals surface area contributed by atoms with E-state index in [1.165, 1.54) is 22.1 Å². The number of rotatable bonds is 2. The molecule has 0 unspecified atom stereocenters. The van der Waals surface area contributed by atoms with Crippen LogP contribution < -0.4 is 5.56 Å². The van der Waals surface area contributed by atoms with Gasteiger partial charge in [-0.1, -0.05) is 0 Å². The molecule has 4 nitrogen and oxygen atoms in total. The Morgan fingerprint density at radius 2 is 2.33 bits per heavy atom. The fraction of sp³-hybridized carbons (Fsp3) is 0.111. The number of carboxylic acid groups (broad SMARTS) is 1. The lowest BCUT2D eigenvalue weighted by Gasteiger charge is -2.01. The number of thiophene rings is 1. The third kappa shape index (κ3) is 1.82. The number of aromatic nitrogens is 1. The first-order chi connectivity index (χ1) is 7.09. The monoisotopic (exact) mass is 287 g/mol. The number of halogens is 1. The van der Waals surface area contributed by atoms with Crippen molar-refractivity contribution in [2.75, 3.05) is 0 Å². The second-order valence-electron chi connectivity index (χ2n) is 2.97. The maximum atomic E-state index is 11.8. The molecule has 0 fully saturated rings. The molecule has 0 saturated heterocycles.